The molecule has 1 aliphatic rings. The number of halogens is 1. The molecule has 0 aliphatic carbocycles. The number of hydrogen-bond acceptors (Lipinski definition) is 2. The smallest absolute Gasteiger partial charge is 0.308 e. The van der Waals surface area contributed by atoms with Crippen LogP contribution < -0.4 is 4.90 Å². The minimum Gasteiger partial charge on any atom is -0.481 e. The van der Waals surface area contributed by atoms with Gasteiger partial charge < -0.3 is 10.0 Å². The molecular formula is C11H12BrNO2. The molecule has 0 spiro atoms. The molecule has 1 aromatic carbocycles. The van der Waals surface area contributed by atoms with E-state index in [4.69, 9.17) is 5.11 Å². The maximum absolute atomic E-state index is 10.8. The lowest BCUT2D eigenvalue weighted by Crippen LogP contribution is -2.22. The second kappa shape index (κ2) is 4.23. The van der Waals surface area contributed by atoms with Crippen molar-refractivity contribution in [3.05, 3.63) is 28.7 Å². The summed E-state index contributed by atoms with van der Waals surface area (Å²) in [6.07, 6.45) is 0.738. The lowest BCUT2D eigenvalue weighted by Gasteiger charge is -2.18. The quantitative estimate of drug-likeness (QED) is 0.896. The maximum atomic E-state index is 10.8. The van der Waals surface area contributed by atoms with Crippen molar-refractivity contribution < 1.29 is 9.90 Å². The molecule has 0 amide bonds. The molecule has 15 heavy (non-hydrogen) atoms. The SMILES string of the molecule is O=C(O)C1CCN(c2cccc(Br)c2)C1. The lowest BCUT2D eigenvalue weighted by molar-refractivity contribution is -0.140. The first kappa shape index (κ1) is 10.5. The third-order valence-corrected chi connectivity index (χ3v) is 3.20. The second-order valence-corrected chi connectivity index (χ2v) is 4.67. The van der Waals surface area contributed by atoms with Crippen LogP contribution in [0.25, 0.3) is 0 Å². The summed E-state index contributed by atoms with van der Waals surface area (Å²) >= 11 is 3.41. The molecule has 1 aliphatic heterocycles. The van der Waals surface area contributed by atoms with Gasteiger partial charge in [0.2, 0.25) is 0 Å². The Balaban J connectivity index is 2.11. The highest BCUT2D eigenvalue weighted by atomic mass is 79.9. The van der Waals surface area contributed by atoms with E-state index in [2.05, 4.69) is 20.8 Å². The van der Waals surface area contributed by atoms with Gasteiger partial charge in [-0.2, -0.15) is 0 Å². The molecule has 1 unspecified atom stereocenters. The zero-order valence-electron chi connectivity index (χ0n) is 8.19. The molecule has 1 aromatic rings. The van der Waals surface area contributed by atoms with E-state index in [9.17, 15) is 4.79 Å². The molecule has 3 nitrogen and oxygen atoms in total. The molecule has 1 heterocycles. The van der Waals surface area contributed by atoms with Crippen molar-refractivity contribution in [3.8, 4) is 0 Å². The average Bonchev–Trinajstić information content (AvgIpc) is 2.66. The predicted molar refractivity (Wildman–Crippen MR) is 62.1 cm³/mol. The van der Waals surface area contributed by atoms with Crippen molar-refractivity contribution in [2.45, 2.75) is 6.42 Å². The van der Waals surface area contributed by atoms with Gasteiger partial charge in [-0.3, -0.25) is 4.79 Å². The van der Waals surface area contributed by atoms with Crippen molar-refractivity contribution in [1.29, 1.82) is 0 Å². The Morgan fingerprint density at radius 3 is 2.93 bits per heavy atom. The molecular weight excluding hydrogens is 258 g/mol. The average molecular weight is 270 g/mol. The number of carboxylic acid groups (broad SMARTS) is 1. The predicted octanol–water partition coefficient (Wildman–Crippen LogP) is 2.36. The summed E-state index contributed by atoms with van der Waals surface area (Å²) in [6.45, 7) is 1.44. The fourth-order valence-electron chi connectivity index (χ4n) is 1.87. The van der Waals surface area contributed by atoms with E-state index in [1.54, 1.807) is 0 Å². The third kappa shape index (κ3) is 2.31. The Labute approximate surface area is 96.8 Å². The zero-order valence-corrected chi connectivity index (χ0v) is 9.77. The minimum absolute atomic E-state index is 0.219. The van der Waals surface area contributed by atoms with Crippen molar-refractivity contribution in [2.75, 3.05) is 18.0 Å². The third-order valence-electron chi connectivity index (χ3n) is 2.71. The molecule has 0 radical (unpaired) electrons. The minimum atomic E-state index is -0.688. The van der Waals surface area contributed by atoms with E-state index in [1.807, 2.05) is 24.3 Å². The highest BCUT2D eigenvalue weighted by Gasteiger charge is 2.27. The lowest BCUT2D eigenvalue weighted by atomic mass is 10.1. The van der Waals surface area contributed by atoms with Crippen molar-refractivity contribution >= 4 is 27.6 Å². The molecule has 1 saturated heterocycles. The Bertz CT molecular complexity index is 381. The molecule has 1 N–H and O–H groups in total. The molecule has 1 atom stereocenters. The maximum Gasteiger partial charge on any atom is 0.308 e. The summed E-state index contributed by atoms with van der Waals surface area (Å²) in [6, 6.07) is 7.96. The van der Waals surface area contributed by atoms with Gasteiger partial charge in [0.25, 0.3) is 0 Å². The van der Waals surface area contributed by atoms with Crippen molar-refractivity contribution in [3.63, 3.8) is 0 Å². The van der Waals surface area contributed by atoms with E-state index in [1.165, 1.54) is 0 Å². The fraction of sp³-hybridized carbons (Fsp3) is 0.364. The van der Waals surface area contributed by atoms with Gasteiger partial charge in [-0.05, 0) is 24.6 Å². The number of hydrogen-bond donors (Lipinski definition) is 1. The Morgan fingerprint density at radius 2 is 2.33 bits per heavy atom. The first-order valence-corrected chi connectivity index (χ1v) is 5.69. The zero-order chi connectivity index (χ0) is 10.8. The van der Waals surface area contributed by atoms with Gasteiger partial charge in [-0.1, -0.05) is 22.0 Å². The Hall–Kier alpha value is -1.03. The first-order valence-electron chi connectivity index (χ1n) is 4.90. The van der Waals surface area contributed by atoms with E-state index in [0.717, 1.165) is 23.1 Å². The number of aliphatic carboxylic acids is 1. The van der Waals surface area contributed by atoms with Crippen LogP contribution in [-0.2, 0) is 4.79 Å². The van der Waals surface area contributed by atoms with E-state index in [-0.39, 0.29) is 5.92 Å². The van der Waals surface area contributed by atoms with Gasteiger partial charge in [-0.15, -0.1) is 0 Å². The van der Waals surface area contributed by atoms with Crippen molar-refractivity contribution in [2.24, 2.45) is 5.92 Å². The number of rotatable bonds is 2. The number of anilines is 1. The first-order chi connectivity index (χ1) is 7.16. The molecule has 1 fully saturated rings. The van der Waals surface area contributed by atoms with Crippen LogP contribution in [0.1, 0.15) is 6.42 Å². The van der Waals surface area contributed by atoms with Crippen LogP contribution in [0.4, 0.5) is 5.69 Å². The van der Waals surface area contributed by atoms with Gasteiger partial charge in [0, 0.05) is 23.2 Å². The van der Waals surface area contributed by atoms with E-state index in [0.29, 0.717) is 6.54 Å². The van der Waals surface area contributed by atoms with Crippen LogP contribution in [0.2, 0.25) is 0 Å². The molecule has 0 bridgehead atoms. The van der Waals surface area contributed by atoms with Crippen LogP contribution in [0.15, 0.2) is 28.7 Å². The largest absolute Gasteiger partial charge is 0.481 e. The highest BCUT2D eigenvalue weighted by Crippen LogP contribution is 2.26. The van der Waals surface area contributed by atoms with Crippen LogP contribution >= 0.6 is 15.9 Å². The van der Waals surface area contributed by atoms with Gasteiger partial charge >= 0.3 is 5.97 Å². The monoisotopic (exact) mass is 269 g/mol. The summed E-state index contributed by atoms with van der Waals surface area (Å²) in [5.74, 6) is -0.906. The summed E-state index contributed by atoms with van der Waals surface area (Å²) < 4.78 is 1.03. The summed E-state index contributed by atoms with van der Waals surface area (Å²) in [7, 11) is 0. The van der Waals surface area contributed by atoms with Gasteiger partial charge in [0.15, 0.2) is 0 Å². The highest BCUT2D eigenvalue weighted by molar-refractivity contribution is 9.10. The number of carbonyl (C=O) groups is 1. The fourth-order valence-corrected chi connectivity index (χ4v) is 2.26. The van der Waals surface area contributed by atoms with Crippen LogP contribution in [-0.4, -0.2) is 24.2 Å². The number of carboxylic acids is 1. The standard InChI is InChI=1S/C11H12BrNO2/c12-9-2-1-3-10(6-9)13-5-4-8(7-13)11(14)15/h1-3,6,8H,4-5,7H2,(H,14,15). The molecule has 2 rings (SSSR count). The number of benzene rings is 1. The van der Waals surface area contributed by atoms with Gasteiger partial charge in [0.05, 0.1) is 5.92 Å². The molecule has 80 valence electrons. The van der Waals surface area contributed by atoms with Crippen LogP contribution in [0, 0.1) is 5.92 Å². The Morgan fingerprint density at radius 1 is 1.53 bits per heavy atom. The summed E-state index contributed by atoms with van der Waals surface area (Å²) in [5, 5.41) is 8.90. The van der Waals surface area contributed by atoms with E-state index < -0.39 is 5.97 Å². The molecule has 0 saturated carbocycles. The second-order valence-electron chi connectivity index (χ2n) is 3.75. The van der Waals surface area contributed by atoms with Gasteiger partial charge in [-0.25, -0.2) is 0 Å². The van der Waals surface area contributed by atoms with Crippen LogP contribution in [0.3, 0.4) is 0 Å². The molecule has 4 heteroatoms. The normalized spacial score (nSPS) is 20.6. The van der Waals surface area contributed by atoms with E-state index >= 15 is 0 Å². The molecule has 0 aromatic heterocycles. The summed E-state index contributed by atoms with van der Waals surface area (Å²) in [4.78, 5) is 12.9. The number of nitrogens with zero attached hydrogens (tertiary/aromatic N) is 1. The summed E-state index contributed by atoms with van der Waals surface area (Å²) in [5.41, 5.74) is 1.09. The van der Waals surface area contributed by atoms with Crippen LogP contribution in [0.5, 0.6) is 0 Å². The topological polar surface area (TPSA) is 40.5 Å². The van der Waals surface area contributed by atoms with Gasteiger partial charge in [0.1, 0.15) is 0 Å². The van der Waals surface area contributed by atoms with Crippen molar-refractivity contribution in [1.82, 2.24) is 0 Å². The Kier molecular flexibility index (Phi) is 2.95.